The summed E-state index contributed by atoms with van der Waals surface area (Å²) in [6, 6.07) is 12.1. The van der Waals surface area contributed by atoms with Gasteiger partial charge in [0.2, 0.25) is 0 Å². The smallest absolute Gasteiger partial charge is 0.433 e. The van der Waals surface area contributed by atoms with E-state index in [1.807, 2.05) is 0 Å². The quantitative estimate of drug-likeness (QED) is 0.408. The fourth-order valence-corrected chi connectivity index (χ4v) is 2.99. The predicted octanol–water partition coefficient (Wildman–Crippen LogP) is 5.93. The molecule has 0 atom stereocenters. The van der Waals surface area contributed by atoms with Gasteiger partial charge in [0, 0.05) is 11.1 Å². The first-order valence-electron chi connectivity index (χ1n) is 8.85. The molecule has 5 nitrogen and oxygen atoms in total. The van der Waals surface area contributed by atoms with Crippen molar-refractivity contribution >= 4 is 5.97 Å². The van der Waals surface area contributed by atoms with Gasteiger partial charge in [-0.25, -0.2) is 19.2 Å². The van der Waals surface area contributed by atoms with Gasteiger partial charge in [-0.1, -0.05) is 24.3 Å². The highest BCUT2D eigenvalue weighted by Crippen LogP contribution is 2.33. The Balaban J connectivity index is 1.84. The van der Waals surface area contributed by atoms with E-state index >= 15 is 0 Å². The van der Waals surface area contributed by atoms with Crippen LogP contribution < -0.4 is 0 Å². The molecule has 156 valence electrons. The van der Waals surface area contributed by atoms with Gasteiger partial charge in [-0.3, -0.25) is 0 Å². The number of aromatic carboxylic acids is 1. The summed E-state index contributed by atoms with van der Waals surface area (Å²) in [7, 11) is 0. The van der Waals surface area contributed by atoms with Crippen LogP contribution >= 0.6 is 0 Å². The van der Waals surface area contributed by atoms with Crippen LogP contribution in [0.3, 0.4) is 0 Å². The Bertz CT molecular complexity index is 1270. The van der Waals surface area contributed by atoms with Gasteiger partial charge in [-0.15, -0.1) is 0 Å². The van der Waals surface area contributed by atoms with E-state index in [0.29, 0.717) is 16.7 Å². The Hall–Kier alpha value is -4.01. The number of aromatic nitrogens is 2. The number of nitrogens with zero attached hydrogens (tertiary/aromatic N) is 2. The molecule has 31 heavy (non-hydrogen) atoms. The highest BCUT2D eigenvalue weighted by molar-refractivity contribution is 5.90. The number of rotatable bonds is 4. The van der Waals surface area contributed by atoms with Crippen molar-refractivity contribution in [3.63, 3.8) is 0 Å². The maximum absolute atomic E-state index is 13.7. The van der Waals surface area contributed by atoms with Crippen molar-refractivity contribution in [3.8, 4) is 33.8 Å². The molecular weight excluding hydrogens is 416 g/mol. The zero-order valence-corrected chi connectivity index (χ0v) is 15.5. The van der Waals surface area contributed by atoms with E-state index in [1.165, 1.54) is 36.8 Å². The van der Waals surface area contributed by atoms with Crippen LogP contribution in [0, 0.1) is 5.82 Å². The van der Waals surface area contributed by atoms with E-state index in [1.54, 1.807) is 12.1 Å². The third-order valence-corrected chi connectivity index (χ3v) is 4.48. The van der Waals surface area contributed by atoms with E-state index < -0.39 is 29.2 Å². The lowest BCUT2D eigenvalue weighted by molar-refractivity contribution is -0.141. The van der Waals surface area contributed by atoms with Crippen molar-refractivity contribution in [1.29, 1.82) is 0 Å². The third kappa shape index (κ3) is 4.16. The van der Waals surface area contributed by atoms with Crippen molar-refractivity contribution in [2.45, 2.75) is 6.18 Å². The lowest BCUT2D eigenvalue weighted by Gasteiger charge is -2.11. The fraction of sp³-hybridized carbons (Fsp3) is 0.0455. The number of halogens is 4. The molecule has 0 aliphatic carbocycles. The first-order chi connectivity index (χ1) is 14.7. The molecule has 0 fully saturated rings. The average molecular weight is 428 g/mol. The molecular formula is C22H12F4N2O3. The maximum Gasteiger partial charge on any atom is 0.433 e. The minimum atomic E-state index is -4.69. The van der Waals surface area contributed by atoms with E-state index in [9.17, 15) is 22.4 Å². The van der Waals surface area contributed by atoms with Crippen LogP contribution in [-0.4, -0.2) is 21.0 Å². The van der Waals surface area contributed by atoms with Crippen LogP contribution in [0.4, 0.5) is 17.6 Å². The molecule has 9 heteroatoms. The van der Waals surface area contributed by atoms with Crippen LogP contribution in [0.2, 0.25) is 0 Å². The Labute approximate surface area is 172 Å². The van der Waals surface area contributed by atoms with Gasteiger partial charge in [-0.2, -0.15) is 13.2 Å². The van der Waals surface area contributed by atoms with Gasteiger partial charge in [-0.05, 0) is 41.5 Å². The molecule has 4 aromatic rings. The summed E-state index contributed by atoms with van der Waals surface area (Å²) in [5, 5.41) is 9.12. The van der Waals surface area contributed by atoms with Crippen LogP contribution in [0.5, 0.6) is 0 Å². The Kier molecular flexibility index (Phi) is 5.02. The van der Waals surface area contributed by atoms with Gasteiger partial charge in [0.15, 0.2) is 5.82 Å². The standard InChI is InChI=1S/C22H12F4N2O3/c23-17-5-4-13(9-16(17)21(29)30)12-2-1-3-14(8-12)20-27-18(15-6-7-31-11-15)10-19(28-20)22(24,25)26/h1-11H,(H,29,30). The highest BCUT2D eigenvalue weighted by atomic mass is 19.4. The Morgan fingerprint density at radius 2 is 1.65 bits per heavy atom. The largest absolute Gasteiger partial charge is 0.478 e. The number of alkyl halides is 3. The van der Waals surface area contributed by atoms with Crippen LogP contribution in [0.25, 0.3) is 33.8 Å². The third-order valence-electron chi connectivity index (χ3n) is 4.48. The number of hydrogen-bond acceptors (Lipinski definition) is 4. The Morgan fingerprint density at radius 1 is 0.903 bits per heavy atom. The molecule has 0 aliphatic rings. The molecule has 0 spiro atoms. The molecule has 0 saturated heterocycles. The normalized spacial score (nSPS) is 11.5. The molecule has 4 rings (SSSR count). The van der Waals surface area contributed by atoms with Crippen molar-refractivity contribution in [2.24, 2.45) is 0 Å². The van der Waals surface area contributed by atoms with E-state index in [-0.39, 0.29) is 17.1 Å². The molecule has 2 aromatic carbocycles. The molecule has 0 radical (unpaired) electrons. The first-order valence-corrected chi connectivity index (χ1v) is 8.85. The minimum absolute atomic E-state index is 0.0337. The maximum atomic E-state index is 13.7. The second-order valence-electron chi connectivity index (χ2n) is 6.55. The van der Waals surface area contributed by atoms with Gasteiger partial charge >= 0.3 is 12.1 Å². The molecule has 2 heterocycles. The lowest BCUT2D eigenvalue weighted by atomic mass is 10.0. The molecule has 2 aromatic heterocycles. The summed E-state index contributed by atoms with van der Waals surface area (Å²) in [5.74, 6) is -2.49. The summed E-state index contributed by atoms with van der Waals surface area (Å²) < 4.78 is 58.8. The van der Waals surface area contributed by atoms with Crippen molar-refractivity contribution in [1.82, 2.24) is 9.97 Å². The van der Waals surface area contributed by atoms with E-state index in [2.05, 4.69) is 9.97 Å². The fourth-order valence-electron chi connectivity index (χ4n) is 2.99. The SMILES string of the molecule is O=C(O)c1cc(-c2cccc(-c3nc(-c4ccoc4)cc(C(F)(F)F)n3)c2)ccc1F. The number of carboxylic acids is 1. The van der Waals surface area contributed by atoms with Crippen molar-refractivity contribution in [2.75, 3.05) is 0 Å². The second kappa shape index (κ2) is 7.67. The van der Waals surface area contributed by atoms with E-state index in [4.69, 9.17) is 9.52 Å². The van der Waals surface area contributed by atoms with Gasteiger partial charge in [0.25, 0.3) is 0 Å². The number of carbonyl (C=O) groups is 1. The molecule has 0 amide bonds. The molecule has 0 bridgehead atoms. The molecule has 0 saturated carbocycles. The topological polar surface area (TPSA) is 76.2 Å². The van der Waals surface area contributed by atoms with Crippen molar-refractivity contribution < 1.29 is 31.9 Å². The summed E-state index contributed by atoms with van der Waals surface area (Å²) >= 11 is 0. The first kappa shape index (κ1) is 20.3. The second-order valence-corrected chi connectivity index (χ2v) is 6.55. The predicted molar refractivity (Wildman–Crippen MR) is 103 cm³/mol. The molecule has 0 aliphatic heterocycles. The average Bonchev–Trinajstić information content (AvgIpc) is 3.28. The van der Waals surface area contributed by atoms with Crippen molar-refractivity contribution in [3.05, 3.63) is 84.2 Å². The monoisotopic (exact) mass is 428 g/mol. The lowest BCUT2D eigenvalue weighted by Crippen LogP contribution is -2.10. The zero-order chi connectivity index (χ0) is 22.2. The van der Waals surface area contributed by atoms with Gasteiger partial charge in [0.05, 0.1) is 23.8 Å². The zero-order valence-electron chi connectivity index (χ0n) is 15.5. The number of hydrogen-bond donors (Lipinski definition) is 1. The van der Waals surface area contributed by atoms with Crippen LogP contribution in [0.15, 0.2) is 71.5 Å². The van der Waals surface area contributed by atoms with Crippen LogP contribution in [-0.2, 0) is 6.18 Å². The summed E-state index contributed by atoms with van der Waals surface area (Å²) in [5.41, 5.74) is -0.126. The summed E-state index contributed by atoms with van der Waals surface area (Å²) in [6.45, 7) is 0. The number of furan rings is 1. The van der Waals surface area contributed by atoms with Gasteiger partial charge in [0.1, 0.15) is 11.5 Å². The van der Waals surface area contributed by atoms with Crippen LogP contribution in [0.1, 0.15) is 16.1 Å². The molecule has 1 N–H and O–H groups in total. The van der Waals surface area contributed by atoms with E-state index in [0.717, 1.165) is 18.2 Å². The minimum Gasteiger partial charge on any atom is -0.478 e. The number of carboxylic acid groups (broad SMARTS) is 1. The summed E-state index contributed by atoms with van der Waals surface area (Å²) in [6.07, 6.45) is -2.10. The molecule has 0 unspecified atom stereocenters. The number of benzene rings is 2. The van der Waals surface area contributed by atoms with Gasteiger partial charge < -0.3 is 9.52 Å². The Morgan fingerprint density at radius 3 is 2.32 bits per heavy atom. The summed E-state index contributed by atoms with van der Waals surface area (Å²) in [4.78, 5) is 19.1. The highest BCUT2D eigenvalue weighted by Gasteiger charge is 2.34.